The number of thioether (sulfide) groups is 1. The second-order valence-electron chi connectivity index (χ2n) is 6.49. The number of Topliss-reactive ketones (excluding diaryl/α,β-unsaturated/α-hetero) is 1. The van der Waals surface area contributed by atoms with Gasteiger partial charge in [0.05, 0.1) is 13.0 Å². The first-order chi connectivity index (χ1) is 13.9. The molecule has 0 unspecified atom stereocenters. The highest BCUT2D eigenvalue weighted by Crippen LogP contribution is 2.28. The maximum absolute atomic E-state index is 13.7. The van der Waals surface area contributed by atoms with Crippen LogP contribution in [0.5, 0.6) is 5.75 Å². The lowest BCUT2D eigenvalue weighted by Crippen LogP contribution is -2.27. The van der Waals surface area contributed by atoms with Crippen molar-refractivity contribution >= 4 is 35.1 Å². The van der Waals surface area contributed by atoms with Crippen LogP contribution in [0.25, 0.3) is 0 Å². The molecule has 1 fully saturated rings. The van der Waals surface area contributed by atoms with Crippen LogP contribution in [0.2, 0.25) is 0 Å². The van der Waals surface area contributed by atoms with E-state index in [1.54, 1.807) is 16.7 Å². The van der Waals surface area contributed by atoms with Crippen molar-refractivity contribution < 1.29 is 28.2 Å². The molecule has 0 bridgehead atoms. The maximum Gasteiger partial charge on any atom is 0.311 e. The van der Waals surface area contributed by atoms with Gasteiger partial charge in [0, 0.05) is 29.1 Å². The number of carbonyl (C=O) groups excluding carboxylic acids is 3. The molecule has 2 aromatic carbocycles. The van der Waals surface area contributed by atoms with Crippen molar-refractivity contribution in [3.63, 3.8) is 0 Å². The van der Waals surface area contributed by atoms with Gasteiger partial charge >= 0.3 is 5.97 Å². The van der Waals surface area contributed by atoms with Gasteiger partial charge in [0.2, 0.25) is 5.91 Å². The SMILES string of the molecule is COc1ccc(C(=O)COC(=O)[C@H]2CC(=O)N(c3cccc(SC)c3)C2)cc1F. The lowest BCUT2D eigenvalue weighted by molar-refractivity contribution is -0.147. The minimum atomic E-state index is -0.672. The number of nitrogens with zero attached hydrogens (tertiary/aromatic N) is 1. The number of esters is 1. The Morgan fingerprint density at radius 3 is 2.72 bits per heavy atom. The van der Waals surface area contributed by atoms with Gasteiger partial charge in [-0.15, -0.1) is 11.8 Å². The Morgan fingerprint density at radius 1 is 1.24 bits per heavy atom. The standard InChI is InChI=1S/C21H20FNO5S/c1-27-19-7-6-13(8-17(19)22)18(24)12-28-21(26)14-9-20(25)23(11-14)15-4-3-5-16(10-15)29-2/h3-8,10,14H,9,11-12H2,1-2H3/t14-/m0/s1. The molecule has 1 aliphatic heterocycles. The molecule has 29 heavy (non-hydrogen) atoms. The van der Waals surface area contributed by atoms with Crippen LogP contribution in [-0.4, -0.2) is 44.2 Å². The Bertz CT molecular complexity index is 948. The van der Waals surface area contributed by atoms with E-state index in [0.29, 0.717) is 0 Å². The summed E-state index contributed by atoms with van der Waals surface area (Å²) in [5, 5.41) is 0. The summed E-state index contributed by atoms with van der Waals surface area (Å²) in [6.45, 7) is -0.321. The van der Waals surface area contributed by atoms with Crippen LogP contribution < -0.4 is 9.64 Å². The Hall–Kier alpha value is -2.87. The van der Waals surface area contributed by atoms with Gasteiger partial charge in [-0.3, -0.25) is 14.4 Å². The van der Waals surface area contributed by atoms with Gasteiger partial charge < -0.3 is 14.4 Å². The van der Waals surface area contributed by atoms with E-state index in [2.05, 4.69) is 0 Å². The van der Waals surface area contributed by atoms with Crippen LogP contribution in [-0.2, 0) is 14.3 Å². The van der Waals surface area contributed by atoms with Crippen molar-refractivity contribution in [1.29, 1.82) is 0 Å². The first-order valence-electron chi connectivity index (χ1n) is 8.90. The normalized spacial score (nSPS) is 16.0. The largest absolute Gasteiger partial charge is 0.494 e. The zero-order chi connectivity index (χ0) is 21.0. The number of hydrogen-bond acceptors (Lipinski definition) is 6. The monoisotopic (exact) mass is 417 g/mol. The molecule has 0 radical (unpaired) electrons. The van der Waals surface area contributed by atoms with Crippen molar-refractivity contribution in [3.8, 4) is 5.75 Å². The van der Waals surface area contributed by atoms with Crippen LogP contribution in [0.1, 0.15) is 16.8 Å². The lowest BCUT2D eigenvalue weighted by Gasteiger charge is -2.17. The predicted octanol–water partition coefficient (Wildman–Crippen LogP) is 3.34. The van der Waals surface area contributed by atoms with E-state index in [0.717, 1.165) is 16.6 Å². The topological polar surface area (TPSA) is 72.9 Å². The Balaban J connectivity index is 1.59. The van der Waals surface area contributed by atoms with Crippen molar-refractivity contribution in [1.82, 2.24) is 0 Å². The number of methoxy groups -OCH3 is 1. The quantitative estimate of drug-likeness (QED) is 0.391. The third-order valence-electron chi connectivity index (χ3n) is 4.64. The minimum Gasteiger partial charge on any atom is -0.494 e. The molecule has 3 rings (SSSR count). The molecule has 0 saturated carbocycles. The average Bonchev–Trinajstić information content (AvgIpc) is 3.13. The summed E-state index contributed by atoms with van der Waals surface area (Å²) in [6.07, 6.45) is 1.96. The third kappa shape index (κ3) is 4.76. The number of halogens is 1. The molecule has 0 spiro atoms. The van der Waals surface area contributed by atoms with Crippen molar-refractivity contribution in [2.75, 3.05) is 31.4 Å². The number of hydrogen-bond donors (Lipinski definition) is 0. The van der Waals surface area contributed by atoms with Crippen molar-refractivity contribution in [3.05, 3.63) is 53.8 Å². The van der Waals surface area contributed by atoms with E-state index in [9.17, 15) is 18.8 Å². The summed E-state index contributed by atoms with van der Waals surface area (Å²) in [4.78, 5) is 39.4. The van der Waals surface area contributed by atoms with Crippen LogP contribution in [0.4, 0.5) is 10.1 Å². The Labute approximate surface area is 172 Å². The molecular weight excluding hydrogens is 397 g/mol. The molecule has 0 aromatic heterocycles. The van der Waals surface area contributed by atoms with Crippen LogP contribution in [0.3, 0.4) is 0 Å². The Kier molecular flexibility index (Phi) is 6.53. The fraction of sp³-hybridized carbons (Fsp3) is 0.286. The number of carbonyl (C=O) groups is 3. The highest BCUT2D eigenvalue weighted by Gasteiger charge is 2.36. The molecule has 1 saturated heterocycles. The van der Waals surface area contributed by atoms with Crippen LogP contribution in [0, 0.1) is 11.7 Å². The van der Waals surface area contributed by atoms with E-state index < -0.39 is 30.1 Å². The highest BCUT2D eigenvalue weighted by molar-refractivity contribution is 7.98. The lowest BCUT2D eigenvalue weighted by atomic mass is 10.1. The fourth-order valence-corrected chi connectivity index (χ4v) is 3.52. The highest BCUT2D eigenvalue weighted by atomic mass is 32.2. The van der Waals surface area contributed by atoms with E-state index in [-0.39, 0.29) is 30.2 Å². The van der Waals surface area contributed by atoms with Gasteiger partial charge in [0.25, 0.3) is 0 Å². The second-order valence-corrected chi connectivity index (χ2v) is 7.37. The van der Waals surface area contributed by atoms with Crippen molar-refractivity contribution in [2.24, 2.45) is 5.92 Å². The third-order valence-corrected chi connectivity index (χ3v) is 5.37. The minimum absolute atomic E-state index is 0.0215. The van der Waals surface area contributed by atoms with E-state index in [1.807, 2.05) is 30.5 Å². The molecule has 0 aliphatic carbocycles. The summed E-state index contributed by atoms with van der Waals surface area (Å²) in [5.74, 6) is -2.63. The molecule has 0 N–H and O–H groups in total. The zero-order valence-corrected chi connectivity index (χ0v) is 16.8. The number of ether oxygens (including phenoxy) is 2. The average molecular weight is 417 g/mol. The molecule has 1 amide bonds. The molecule has 2 aromatic rings. The number of anilines is 1. The molecule has 1 heterocycles. The summed E-state index contributed by atoms with van der Waals surface area (Å²) < 4.78 is 23.6. The van der Waals surface area contributed by atoms with Crippen molar-refractivity contribution in [2.45, 2.75) is 11.3 Å². The molecular formula is C21H20FNO5S. The summed E-state index contributed by atoms with van der Waals surface area (Å²) in [5.41, 5.74) is 0.802. The maximum atomic E-state index is 13.7. The van der Waals surface area contributed by atoms with Gasteiger partial charge in [-0.1, -0.05) is 6.07 Å². The summed E-state index contributed by atoms with van der Waals surface area (Å²) in [6, 6.07) is 11.3. The number of benzene rings is 2. The van der Waals surface area contributed by atoms with Crippen LogP contribution >= 0.6 is 11.8 Å². The van der Waals surface area contributed by atoms with Gasteiger partial charge in [-0.05, 0) is 42.7 Å². The van der Waals surface area contributed by atoms with Gasteiger partial charge in [-0.25, -0.2) is 4.39 Å². The molecule has 152 valence electrons. The molecule has 6 nitrogen and oxygen atoms in total. The predicted molar refractivity (Wildman–Crippen MR) is 107 cm³/mol. The van der Waals surface area contributed by atoms with E-state index >= 15 is 0 Å². The van der Waals surface area contributed by atoms with Gasteiger partial charge in [0.15, 0.2) is 24.0 Å². The molecule has 1 aliphatic rings. The smallest absolute Gasteiger partial charge is 0.311 e. The van der Waals surface area contributed by atoms with Gasteiger partial charge in [0.1, 0.15) is 0 Å². The van der Waals surface area contributed by atoms with E-state index in [1.165, 1.54) is 19.2 Å². The Morgan fingerprint density at radius 2 is 2.03 bits per heavy atom. The molecule has 1 atom stereocenters. The number of rotatable bonds is 7. The number of amides is 1. The van der Waals surface area contributed by atoms with E-state index in [4.69, 9.17) is 9.47 Å². The van der Waals surface area contributed by atoms with Gasteiger partial charge in [-0.2, -0.15) is 0 Å². The summed E-state index contributed by atoms with van der Waals surface area (Å²) in [7, 11) is 1.32. The first kappa shape index (κ1) is 20.9. The van der Waals surface area contributed by atoms with Crippen LogP contribution in [0.15, 0.2) is 47.4 Å². The summed E-state index contributed by atoms with van der Waals surface area (Å²) >= 11 is 1.56. The zero-order valence-electron chi connectivity index (χ0n) is 16.0. The molecule has 8 heteroatoms. The first-order valence-corrected chi connectivity index (χ1v) is 10.1. The number of ketones is 1. The fourth-order valence-electron chi connectivity index (χ4n) is 3.07. The second kappa shape index (κ2) is 9.09.